The Morgan fingerprint density at radius 1 is 1.26 bits per heavy atom. The first-order valence-corrected chi connectivity index (χ1v) is 9.48. The Bertz CT molecular complexity index is 844. The molecule has 1 fully saturated rings. The summed E-state index contributed by atoms with van der Waals surface area (Å²) in [6.07, 6.45) is -4.72. The minimum Gasteiger partial charge on any atom is -0.444 e. The lowest BCUT2D eigenvalue weighted by Crippen LogP contribution is -2.54. The minimum atomic E-state index is -4.37. The highest BCUT2D eigenvalue weighted by atomic mass is 32.1. The van der Waals surface area contributed by atoms with Gasteiger partial charge < -0.3 is 14.5 Å². The predicted octanol–water partition coefficient (Wildman–Crippen LogP) is 4.76. The molecule has 1 atom stereocenters. The lowest BCUT2D eigenvalue weighted by Gasteiger charge is -2.40. The van der Waals surface area contributed by atoms with Gasteiger partial charge in [0.2, 0.25) is 0 Å². The van der Waals surface area contributed by atoms with Crippen LogP contribution < -0.4 is 4.90 Å². The highest BCUT2D eigenvalue weighted by molar-refractivity contribution is 7.22. The van der Waals surface area contributed by atoms with Crippen molar-refractivity contribution in [3.8, 4) is 0 Å². The summed E-state index contributed by atoms with van der Waals surface area (Å²) < 4.78 is 44.6. The molecule has 3 rings (SSSR count). The molecule has 2 heterocycles. The maximum atomic E-state index is 12.9. The molecule has 1 aliphatic rings. The van der Waals surface area contributed by atoms with Crippen LogP contribution >= 0.6 is 11.3 Å². The van der Waals surface area contributed by atoms with Gasteiger partial charge in [0.15, 0.2) is 5.13 Å². The Morgan fingerprint density at radius 2 is 1.96 bits per heavy atom. The van der Waals surface area contributed by atoms with Crippen molar-refractivity contribution in [1.82, 2.24) is 9.88 Å². The largest absolute Gasteiger partial charge is 0.444 e. The van der Waals surface area contributed by atoms with Gasteiger partial charge >= 0.3 is 12.3 Å². The van der Waals surface area contributed by atoms with E-state index in [1.165, 1.54) is 17.4 Å². The smallest absolute Gasteiger partial charge is 0.416 e. The number of aromatic nitrogens is 1. The summed E-state index contributed by atoms with van der Waals surface area (Å²) in [5.41, 5.74) is -0.682. The van der Waals surface area contributed by atoms with E-state index in [1.807, 2.05) is 32.6 Å². The second-order valence-electron chi connectivity index (χ2n) is 7.65. The average molecular weight is 401 g/mol. The minimum absolute atomic E-state index is 0.0195. The molecular formula is C18H22F3N3O2S. The number of nitrogens with zero attached hydrogens (tertiary/aromatic N) is 3. The van der Waals surface area contributed by atoms with Crippen LogP contribution in [0.25, 0.3) is 10.2 Å². The third kappa shape index (κ3) is 4.45. The van der Waals surface area contributed by atoms with E-state index >= 15 is 0 Å². The lowest BCUT2D eigenvalue weighted by atomic mass is 10.2. The summed E-state index contributed by atoms with van der Waals surface area (Å²) >= 11 is 1.24. The van der Waals surface area contributed by atoms with Crippen molar-refractivity contribution >= 4 is 32.8 Å². The Balaban J connectivity index is 1.75. The van der Waals surface area contributed by atoms with E-state index in [0.717, 1.165) is 12.1 Å². The van der Waals surface area contributed by atoms with Crippen LogP contribution in [0.2, 0.25) is 0 Å². The second-order valence-corrected chi connectivity index (χ2v) is 8.65. The zero-order valence-electron chi connectivity index (χ0n) is 15.6. The van der Waals surface area contributed by atoms with Gasteiger partial charge in [-0.25, -0.2) is 9.78 Å². The number of thiazole rings is 1. The lowest BCUT2D eigenvalue weighted by molar-refractivity contribution is -0.137. The summed E-state index contributed by atoms with van der Waals surface area (Å²) in [5.74, 6) is 0. The first-order valence-electron chi connectivity index (χ1n) is 8.66. The maximum absolute atomic E-state index is 12.9. The van der Waals surface area contributed by atoms with Crippen LogP contribution in [0.5, 0.6) is 0 Å². The van der Waals surface area contributed by atoms with Gasteiger partial charge in [0.05, 0.1) is 15.8 Å². The molecule has 1 amide bonds. The van der Waals surface area contributed by atoms with Crippen molar-refractivity contribution in [2.45, 2.75) is 45.5 Å². The number of ether oxygens (including phenoxy) is 1. The first kappa shape index (κ1) is 19.7. The molecular weight excluding hydrogens is 379 g/mol. The van der Waals surface area contributed by atoms with Crippen LogP contribution in [0.3, 0.4) is 0 Å². The molecule has 5 nitrogen and oxygen atoms in total. The number of anilines is 1. The van der Waals surface area contributed by atoms with Crippen LogP contribution in [0.1, 0.15) is 33.3 Å². The van der Waals surface area contributed by atoms with E-state index in [1.54, 1.807) is 4.90 Å². The third-order valence-corrected chi connectivity index (χ3v) is 5.28. The average Bonchev–Trinajstić information content (AvgIpc) is 2.94. The number of halogens is 3. The molecule has 2 aromatic rings. The molecule has 27 heavy (non-hydrogen) atoms. The molecule has 0 bridgehead atoms. The molecule has 148 valence electrons. The molecule has 0 saturated carbocycles. The fourth-order valence-corrected chi connectivity index (χ4v) is 4.08. The number of alkyl halides is 3. The van der Waals surface area contributed by atoms with E-state index in [0.29, 0.717) is 35.0 Å². The van der Waals surface area contributed by atoms with Crippen LogP contribution in [0.15, 0.2) is 18.2 Å². The number of carbonyl (C=O) groups is 1. The van der Waals surface area contributed by atoms with E-state index in [4.69, 9.17) is 4.74 Å². The van der Waals surface area contributed by atoms with Gasteiger partial charge in [0, 0.05) is 25.7 Å². The van der Waals surface area contributed by atoms with Crippen LogP contribution in [-0.4, -0.2) is 47.3 Å². The summed E-state index contributed by atoms with van der Waals surface area (Å²) in [7, 11) is 0. The van der Waals surface area contributed by atoms with Crippen molar-refractivity contribution in [2.75, 3.05) is 24.5 Å². The zero-order chi connectivity index (χ0) is 20.0. The molecule has 1 aliphatic heterocycles. The van der Waals surface area contributed by atoms with Gasteiger partial charge in [-0.05, 0) is 45.9 Å². The SMILES string of the molecule is CC1CN(C(=O)OC(C)(C)C)CCN1c1nc2ccc(C(F)(F)F)cc2s1. The Kier molecular flexibility index (Phi) is 5.00. The topological polar surface area (TPSA) is 45.7 Å². The van der Waals surface area contributed by atoms with Crippen molar-refractivity contribution in [3.05, 3.63) is 23.8 Å². The van der Waals surface area contributed by atoms with Crippen molar-refractivity contribution in [1.29, 1.82) is 0 Å². The second kappa shape index (κ2) is 6.85. The van der Waals surface area contributed by atoms with Crippen molar-refractivity contribution < 1.29 is 22.7 Å². The summed E-state index contributed by atoms with van der Waals surface area (Å²) in [6.45, 7) is 8.92. The zero-order valence-corrected chi connectivity index (χ0v) is 16.4. The van der Waals surface area contributed by atoms with Crippen molar-refractivity contribution in [2.24, 2.45) is 0 Å². The molecule has 1 aromatic heterocycles. The molecule has 0 radical (unpaired) electrons. The Hall–Kier alpha value is -2.03. The highest BCUT2D eigenvalue weighted by Gasteiger charge is 2.33. The fourth-order valence-electron chi connectivity index (χ4n) is 2.95. The number of fused-ring (bicyclic) bond motifs is 1. The summed E-state index contributed by atoms with van der Waals surface area (Å²) in [5, 5.41) is 0.667. The third-order valence-electron chi connectivity index (χ3n) is 4.23. The highest BCUT2D eigenvalue weighted by Crippen LogP contribution is 2.36. The number of piperazine rings is 1. The molecule has 0 spiro atoms. The molecule has 1 saturated heterocycles. The van der Waals surface area contributed by atoms with Gasteiger partial charge in [-0.3, -0.25) is 0 Å². The number of carbonyl (C=O) groups excluding carboxylic acids is 1. The first-order chi connectivity index (χ1) is 12.4. The number of amides is 1. The van der Waals surface area contributed by atoms with Gasteiger partial charge in [-0.15, -0.1) is 0 Å². The Morgan fingerprint density at radius 3 is 2.56 bits per heavy atom. The molecule has 9 heteroatoms. The predicted molar refractivity (Wildman–Crippen MR) is 99.2 cm³/mol. The maximum Gasteiger partial charge on any atom is 0.416 e. The van der Waals surface area contributed by atoms with Gasteiger partial charge in [0.25, 0.3) is 0 Å². The van der Waals surface area contributed by atoms with Crippen LogP contribution in [0.4, 0.5) is 23.1 Å². The van der Waals surface area contributed by atoms with E-state index in [2.05, 4.69) is 4.98 Å². The summed E-state index contributed by atoms with van der Waals surface area (Å²) in [4.78, 5) is 20.4. The quantitative estimate of drug-likeness (QED) is 0.691. The standard InChI is InChI=1S/C18H22F3N3O2S/c1-11-10-23(16(25)26-17(2,3)4)7-8-24(11)15-22-13-6-5-12(18(19,20)21)9-14(13)27-15/h5-6,9,11H,7-8,10H2,1-4H3. The van der Waals surface area contributed by atoms with E-state index < -0.39 is 17.3 Å². The molecule has 0 aliphatic carbocycles. The monoisotopic (exact) mass is 401 g/mol. The van der Waals surface area contributed by atoms with Crippen LogP contribution in [0, 0.1) is 0 Å². The van der Waals surface area contributed by atoms with E-state index in [-0.39, 0.29) is 12.1 Å². The van der Waals surface area contributed by atoms with Crippen molar-refractivity contribution in [3.63, 3.8) is 0 Å². The molecule has 1 unspecified atom stereocenters. The number of hydrogen-bond donors (Lipinski definition) is 0. The van der Waals surface area contributed by atoms with Gasteiger partial charge in [-0.2, -0.15) is 13.2 Å². The number of hydrogen-bond acceptors (Lipinski definition) is 5. The Labute approximate surface area is 159 Å². The fraction of sp³-hybridized carbons (Fsp3) is 0.556. The normalized spacial score (nSPS) is 18.9. The van der Waals surface area contributed by atoms with Crippen LogP contribution in [-0.2, 0) is 10.9 Å². The van der Waals surface area contributed by atoms with Gasteiger partial charge in [-0.1, -0.05) is 11.3 Å². The number of benzene rings is 1. The number of rotatable bonds is 1. The van der Waals surface area contributed by atoms with E-state index in [9.17, 15) is 18.0 Å². The summed E-state index contributed by atoms with van der Waals surface area (Å²) in [6, 6.07) is 3.57. The van der Waals surface area contributed by atoms with Gasteiger partial charge in [0.1, 0.15) is 5.60 Å². The molecule has 0 N–H and O–H groups in total. The molecule has 1 aromatic carbocycles.